The van der Waals surface area contributed by atoms with E-state index < -0.39 is 27.5 Å². The summed E-state index contributed by atoms with van der Waals surface area (Å²) in [6, 6.07) is 6.16. The Kier molecular flexibility index (Phi) is 8.75. The van der Waals surface area contributed by atoms with Gasteiger partial charge in [-0.2, -0.15) is 13.2 Å². The van der Waals surface area contributed by atoms with Crippen LogP contribution in [0.25, 0.3) is 0 Å². The van der Waals surface area contributed by atoms with E-state index in [1.807, 2.05) is 11.9 Å². The van der Waals surface area contributed by atoms with Crippen LogP contribution in [0.4, 0.5) is 13.2 Å². The molecular formula is C23H26Cl2F3N3O3S. The minimum Gasteiger partial charge on any atom is -0.348 e. The molecular weight excluding hydrogens is 526 g/mol. The van der Waals surface area contributed by atoms with Gasteiger partial charge in [-0.15, -0.1) is 0 Å². The molecule has 1 saturated heterocycles. The summed E-state index contributed by atoms with van der Waals surface area (Å²) in [7, 11) is -1.65. The fourth-order valence-electron chi connectivity index (χ4n) is 3.83. The Morgan fingerprint density at radius 3 is 2.34 bits per heavy atom. The molecule has 0 unspecified atom stereocenters. The lowest BCUT2D eigenvalue weighted by molar-refractivity contribution is -0.138. The maximum absolute atomic E-state index is 13.9. The predicted octanol–water partition coefficient (Wildman–Crippen LogP) is 4.48. The summed E-state index contributed by atoms with van der Waals surface area (Å²) < 4.78 is 66.4. The molecule has 0 aliphatic carbocycles. The minimum atomic E-state index is -4.71. The number of likely N-dealkylation sites (N-methyl/N-ethyl adjacent to an activating group) is 1. The van der Waals surface area contributed by atoms with Crippen LogP contribution in [-0.2, 0) is 29.1 Å². The summed E-state index contributed by atoms with van der Waals surface area (Å²) in [4.78, 5) is 16.8. The molecule has 0 aromatic heterocycles. The van der Waals surface area contributed by atoms with Crippen molar-refractivity contribution in [1.82, 2.24) is 15.1 Å². The van der Waals surface area contributed by atoms with Gasteiger partial charge < -0.3 is 10.2 Å². The van der Waals surface area contributed by atoms with E-state index in [0.29, 0.717) is 13.1 Å². The monoisotopic (exact) mass is 551 g/mol. The molecule has 35 heavy (non-hydrogen) atoms. The van der Waals surface area contributed by atoms with Gasteiger partial charge in [-0.1, -0.05) is 30.1 Å². The Bertz CT molecular complexity index is 1200. The highest BCUT2D eigenvalue weighted by Crippen LogP contribution is 2.37. The van der Waals surface area contributed by atoms with E-state index in [0.717, 1.165) is 19.2 Å². The first-order valence-electron chi connectivity index (χ1n) is 10.9. The fourth-order valence-corrected chi connectivity index (χ4v) is 5.42. The number of piperazine rings is 1. The molecule has 1 amide bonds. The zero-order valence-corrected chi connectivity index (χ0v) is 21.6. The highest BCUT2D eigenvalue weighted by atomic mass is 35.5. The summed E-state index contributed by atoms with van der Waals surface area (Å²) in [5.74, 6) is -0.974. The van der Waals surface area contributed by atoms with Crippen LogP contribution in [0.15, 0.2) is 35.2 Å². The van der Waals surface area contributed by atoms with Gasteiger partial charge in [0.25, 0.3) is 5.91 Å². The average Bonchev–Trinajstić information content (AvgIpc) is 2.79. The van der Waals surface area contributed by atoms with Crippen molar-refractivity contribution in [3.63, 3.8) is 0 Å². The SMILES string of the molecule is CCS(=O)(=O)c1ccc(Cl)cc1CNC(=O)c1cc(Cl)c(CN2CCN(C)CC2)c(C(F)(F)F)c1. The van der Waals surface area contributed by atoms with Crippen LogP contribution in [0.2, 0.25) is 10.0 Å². The molecule has 1 N–H and O–H groups in total. The van der Waals surface area contributed by atoms with Gasteiger partial charge in [0.05, 0.1) is 16.2 Å². The summed E-state index contributed by atoms with van der Waals surface area (Å²) in [5.41, 5.74) is -1.08. The largest absolute Gasteiger partial charge is 0.416 e. The smallest absolute Gasteiger partial charge is 0.348 e. The average molecular weight is 552 g/mol. The highest BCUT2D eigenvalue weighted by Gasteiger charge is 2.36. The molecule has 0 bridgehead atoms. The van der Waals surface area contributed by atoms with Crippen molar-refractivity contribution >= 4 is 38.9 Å². The number of nitrogens with zero attached hydrogens (tertiary/aromatic N) is 2. The van der Waals surface area contributed by atoms with Gasteiger partial charge >= 0.3 is 6.18 Å². The van der Waals surface area contributed by atoms with Crippen LogP contribution < -0.4 is 5.32 Å². The van der Waals surface area contributed by atoms with Gasteiger partial charge in [-0.25, -0.2) is 8.42 Å². The second-order valence-electron chi connectivity index (χ2n) is 8.40. The topological polar surface area (TPSA) is 69.7 Å². The number of carbonyl (C=O) groups excluding carboxylic acids is 1. The van der Waals surface area contributed by atoms with Gasteiger partial charge in [0.15, 0.2) is 9.84 Å². The third kappa shape index (κ3) is 6.89. The number of alkyl halides is 3. The first-order chi connectivity index (χ1) is 16.3. The van der Waals surface area contributed by atoms with Gasteiger partial charge in [-0.3, -0.25) is 9.69 Å². The molecule has 0 atom stereocenters. The first-order valence-corrected chi connectivity index (χ1v) is 13.3. The van der Waals surface area contributed by atoms with Crippen molar-refractivity contribution in [2.75, 3.05) is 39.0 Å². The predicted molar refractivity (Wildman–Crippen MR) is 130 cm³/mol. The van der Waals surface area contributed by atoms with Crippen molar-refractivity contribution in [1.29, 1.82) is 0 Å². The molecule has 1 fully saturated rings. The maximum atomic E-state index is 13.9. The number of rotatable bonds is 7. The quantitative estimate of drug-likeness (QED) is 0.549. The molecule has 1 aliphatic heterocycles. The molecule has 2 aromatic rings. The van der Waals surface area contributed by atoms with Crippen LogP contribution in [-0.4, -0.2) is 63.1 Å². The normalized spacial score (nSPS) is 15.9. The van der Waals surface area contributed by atoms with Crippen LogP contribution in [0.3, 0.4) is 0 Å². The first kappa shape index (κ1) is 27.7. The third-order valence-electron chi connectivity index (χ3n) is 5.92. The Labute approximate surface area is 212 Å². The second-order valence-corrected chi connectivity index (χ2v) is 11.5. The lowest BCUT2D eigenvalue weighted by Gasteiger charge is -2.33. The van der Waals surface area contributed by atoms with Crippen molar-refractivity contribution in [2.24, 2.45) is 0 Å². The van der Waals surface area contributed by atoms with E-state index in [-0.39, 0.29) is 50.5 Å². The lowest BCUT2D eigenvalue weighted by Crippen LogP contribution is -2.44. The van der Waals surface area contributed by atoms with Crippen LogP contribution >= 0.6 is 23.2 Å². The van der Waals surface area contributed by atoms with Crippen molar-refractivity contribution < 1.29 is 26.4 Å². The number of hydrogen-bond donors (Lipinski definition) is 1. The highest BCUT2D eigenvalue weighted by molar-refractivity contribution is 7.91. The number of benzene rings is 2. The van der Waals surface area contributed by atoms with E-state index >= 15 is 0 Å². The zero-order valence-electron chi connectivity index (χ0n) is 19.3. The molecule has 2 aromatic carbocycles. The van der Waals surface area contributed by atoms with Crippen LogP contribution in [0.5, 0.6) is 0 Å². The standard InChI is InChI=1S/C23H26Cl2F3N3O3S/c1-3-35(33,34)21-5-4-17(24)10-16(21)13-29-22(32)15-11-19(23(26,27)28)18(20(25)12-15)14-31-8-6-30(2)7-9-31/h4-5,10-12H,3,6-9,13-14H2,1-2H3,(H,29,32). The lowest BCUT2D eigenvalue weighted by atomic mass is 10.0. The van der Waals surface area contributed by atoms with Gasteiger partial charge in [0.1, 0.15) is 0 Å². The number of carbonyl (C=O) groups is 1. The van der Waals surface area contributed by atoms with E-state index in [1.54, 1.807) is 0 Å². The Balaban J connectivity index is 1.86. The van der Waals surface area contributed by atoms with E-state index in [2.05, 4.69) is 10.2 Å². The van der Waals surface area contributed by atoms with Gasteiger partial charge in [0.2, 0.25) is 0 Å². The molecule has 12 heteroatoms. The van der Waals surface area contributed by atoms with Crippen molar-refractivity contribution in [3.05, 3.63) is 62.6 Å². The third-order valence-corrected chi connectivity index (χ3v) is 8.32. The number of amides is 1. The Morgan fingerprint density at radius 2 is 1.74 bits per heavy atom. The number of nitrogens with one attached hydrogen (secondary N) is 1. The van der Waals surface area contributed by atoms with Crippen LogP contribution in [0, 0.1) is 0 Å². The maximum Gasteiger partial charge on any atom is 0.416 e. The van der Waals surface area contributed by atoms with E-state index in [9.17, 15) is 26.4 Å². The number of hydrogen-bond acceptors (Lipinski definition) is 5. The van der Waals surface area contributed by atoms with Crippen LogP contribution in [0.1, 0.15) is 34.0 Å². The molecule has 3 rings (SSSR count). The summed E-state index contributed by atoms with van der Waals surface area (Å²) >= 11 is 12.2. The van der Waals surface area contributed by atoms with Crippen molar-refractivity contribution in [2.45, 2.75) is 31.1 Å². The fraction of sp³-hybridized carbons (Fsp3) is 0.435. The second kappa shape index (κ2) is 11.0. The number of sulfone groups is 1. The summed E-state index contributed by atoms with van der Waals surface area (Å²) in [6.07, 6.45) is -4.71. The zero-order chi connectivity index (χ0) is 26.0. The summed E-state index contributed by atoms with van der Waals surface area (Å²) in [5, 5.41) is 2.60. The van der Waals surface area contributed by atoms with Gasteiger partial charge in [-0.05, 0) is 48.5 Å². The molecule has 6 nitrogen and oxygen atoms in total. The Morgan fingerprint density at radius 1 is 1.09 bits per heavy atom. The summed E-state index contributed by atoms with van der Waals surface area (Å²) in [6.45, 7) is 3.94. The Hall–Kier alpha value is -1.85. The molecule has 0 radical (unpaired) electrons. The molecule has 0 saturated carbocycles. The minimum absolute atomic E-state index is 0.00115. The van der Waals surface area contributed by atoms with E-state index in [4.69, 9.17) is 23.2 Å². The molecule has 192 valence electrons. The molecule has 1 heterocycles. The van der Waals surface area contributed by atoms with Gasteiger partial charge in [0, 0.05) is 54.9 Å². The number of halogens is 5. The van der Waals surface area contributed by atoms with Crippen molar-refractivity contribution in [3.8, 4) is 0 Å². The molecule has 1 aliphatic rings. The molecule has 0 spiro atoms. The van der Waals surface area contributed by atoms with E-state index in [1.165, 1.54) is 31.2 Å².